The highest BCUT2D eigenvalue weighted by molar-refractivity contribution is 5.99. The molecule has 3 rings (SSSR count). The molecule has 0 spiro atoms. The van der Waals surface area contributed by atoms with E-state index in [9.17, 15) is 9.59 Å². The molecule has 25 heavy (non-hydrogen) atoms. The SMILES string of the molecule is COC(=O)CCNC(=O)c1cc2ccccc2n1Cc1ccccc1. The Hall–Kier alpha value is -3.08. The first-order valence-electron chi connectivity index (χ1n) is 8.16. The Kier molecular flexibility index (Phi) is 5.14. The molecule has 5 heteroatoms. The Morgan fingerprint density at radius 2 is 1.76 bits per heavy atom. The number of methoxy groups -OCH3 is 1. The molecule has 0 atom stereocenters. The van der Waals surface area contributed by atoms with E-state index in [4.69, 9.17) is 0 Å². The van der Waals surface area contributed by atoms with Crippen LogP contribution >= 0.6 is 0 Å². The third-order valence-electron chi connectivity index (χ3n) is 4.07. The van der Waals surface area contributed by atoms with E-state index in [1.54, 1.807) is 0 Å². The van der Waals surface area contributed by atoms with Crippen LogP contribution < -0.4 is 5.32 Å². The van der Waals surface area contributed by atoms with Gasteiger partial charge in [0, 0.05) is 24.0 Å². The number of rotatable bonds is 6. The molecule has 0 saturated carbocycles. The van der Waals surface area contributed by atoms with Crippen molar-refractivity contribution in [3.8, 4) is 0 Å². The van der Waals surface area contributed by atoms with Crippen molar-refractivity contribution in [1.82, 2.24) is 9.88 Å². The fourth-order valence-electron chi connectivity index (χ4n) is 2.81. The summed E-state index contributed by atoms with van der Waals surface area (Å²) in [4.78, 5) is 23.8. The number of hydrogen-bond acceptors (Lipinski definition) is 3. The molecule has 3 aromatic rings. The number of benzene rings is 2. The first kappa shape index (κ1) is 16.8. The fourth-order valence-corrected chi connectivity index (χ4v) is 2.81. The van der Waals surface area contributed by atoms with E-state index >= 15 is 0 Å². The predicted molar refractivity (Wildman–Crippen MR) is 96.4 cm³/mol. The maximum absolute atomic E-state index is 12.6. The summed E-state index contributed by atoms with van der Waals surface area (Å²) in [6, 6.07) is 19.8. The molecule has 128 valence electrons. The minimum Gasteiger partial charge on any atom is -0.469 e. The summed E-state index contributed by atoms with van der Waals surface area (Å²) >= 11 is 0. The molecular formula is C20H20N2O3. The number of hydrogen-bond donors (Lipinski definition) is 1. The van der Waals surface area contributed by atoms with Crippen molar-refractivity contribution in [1.29, 1.82) is 0 Å². The Morgan fingerprint density at radius 1 is 1.04 bits per heavy atom. The average Bonchev–Trinajstić information content (AvgIpc) is 3.01. The lowest BCUT2D eigenvalue weighted by Gasteiger charge is -2.11. The minimum absolute atomic E-state index is 0.154. The first-order chi connectivity index (χ1) is 12.2. The monoisotopic (exact) mass is 336 g/mol. The van der Waals surface area contributed by atoms with Gasteiger partial charge < -0.3 is 14.6 Å². The van der Waals surface area contributed by atoms with Crippen molar-refractivity contribution in [3.63, 3.8) is 0 Å². The fraction of sp³-hybridized carbons (Fsp3) is 0.200. The van der Waals surface area contributed by atoms with Crippen molar-refractivity contribution >= 4 is 22.8 Å². The molecule has 1 amide bonds. The Bertz CT molecular complexity index is 884. The summed E-state index contributed by atoms with van der Waals surface area (Å²) in [6.07, 6.45) is 0.154. The van der Waals surface area contributed by atoms with Crippen LogP contribution in [0.15, 0.2) is 60.7 Å². The normalized spacial score (nSPS) is 10.6. The third kappa shape index (κ3) is 3.88. The van der Waals surface area contributed by atoms with Gasteiger partial charge in [0.2, 0.25) is 0 Å². The Morgan fingerprint density at radius 3 is 2.52 bits per heavy atom. The van der Waals surface area contributed by atoms with Crippen molar-refractivity contribution in [3.05, 3.63) is 71.9 Å². The van der Waals surface area contributed by atoms with E-state index < -0.39 is 0 Å². The summed E-state index contributed by atoms with van der Waals surface area (Å²) in [5.74, 6) is -0.541. The molecule has 0 radical (unpaired) electrons. The lowest BCUT2D eigenvalue weighted by molar-refractivity contribution is -0.140. The maximum Gasteiger partial charge on any atom is 0.307 e. The van der Waals surface area contributed by atoms with Crippen LogP contribution in [0.25, 0.3) is 10.9 Å². The molecule has 0 aliphatic carbocycles. The van der Waals surface area contributed by atoms with Crippen molar-refractivity contribution in [2.75, 3.05) is 13.7 Å². The van der Waals surface area contributed by atoms with Crippen LogP contribution in [0.1, 0.15) is 22.5 Å². The Labute approximate surface area is 146 Å². The number of carbonyl (C=O) groups is 2. The van der Waals surface area contributed by atoms with E-state index in [0.717, 1.165) is 16.5 Å². The number of carbonyl (C=O) groups excluding carboxylic acids is 2. The summed E-state index contributed by atoms with van der Waals surface area (Å²) in [5, 5.41) is 3.80. The van der Waals surface area contributed by atoms with Gasteiger partial charge in [-0.15, -0.1) is 0 Å². The van der Waals surface area contributed by atoms with E-state index in [1.165, 1.54) is 7.11 Å². The second-order valence-corrected chi connectivity index (χ2v) is 5.74. The highest BCUT2D eigenvalue weighted by Gasteiger charge is 2.15. The van der Waals surface area contributed by atoms with Gasteiger partial charge in [0.05, 0.1) is 13.5 Å². The van der Waals surface area contributed by atoms with Gasteiger partial charge in [-0.1, -0.05) is 48.5 Å². The van der Waals surface area contributed by atoms with Crippen LogP contribution in [-0.2, 0) is 16.1 Å². The topological polar surface area (TPSA) is 60.3 Å². The minimum atomic E-state index is -0.342. The van der Waals surface area contributed by atoms with Crippen molar-refractivity contribution in [2.24, 2.45) is 0 Å². The molecule has 0 fully saturated rings. The number of para-hydroxylation sites is 1. The first-order valence-corrected chi connectivity index (χ1v) is 8.16. The summed E-state index contributed by atoms with van der Waals surface area (Å²) in [5.41, 5.74) is 2.70. The molecule has 2 aromatic carbocycles. The van der Waals surface area contributed by atoms with E-state index in [0.29, 0.717) is 12.2 Å². The van der Waals surface area contributed by atoms with Gasteiger partial charge in [-0.3, -0.25) is 9.59 Å². The van der Waals surface area contributed by atoms with Crippen molar-refractivity contribution in [2.45, 2.75) is 13.0 Å². The number of esters is 1. The van der Waals surface area contributed by atoms with Crippen LogP contribution in [0.2, 0.25) is 0 Å². The van der Waals surface area contributed by atoms with Gasteiger partial charge >= 0.3 is 5.97 Å². The molecule has 0 unspecified atom stereocenters. The molecule has 5 nitrogen and oxygen atoms in total. The van der Waals surface area contributed by atoms with Crippen LogP contribution in [-0.4, -0.2) is 30.1 Å². The van der Waals surface area contributed by atoms with Gasteiger partial charge in [0.15, 0.2) is 0 Å². The highest BCUT2D eigenvalue weighted by Crippen LogP contribution is 2.21. The molecule has 1 N–H and O–H groups in total. The largest absolute Gasteiger partial charge is 0.469 e. The Balaban J connectivity index is 1.87. The second kappa shape index (κ2) is 7.66. The summed E-state index contributed by atoms with van der Waals surface area (Å²) in [7, 11) is 1.34. The van der Waals surface area contributed by atoms with Gasteiger partial charge in [0.25, 0.3) is 5.91 Å². The molecular weight excluding hydrogens is 316 g/mol. The van der Waals surface area contributed by atoms with Crippen LogP contribution in [0.4, 0.5) is 0 Å². The molecule has 0 bridgehead atoms. The zero-order chi connectivity index (χ0) is 17.6. The van der Waals surface area contributed by atoms with Gasteiger partial charge in [-0.25, -0.2) is 0 Å². The number of aromatic nitrogens is 1. The zero-order valence-corrected chi connectivity index (χ0v) is 14.1. The van der Waals surface area contributed by atoms with E-state index in [1.807, 2.05) is 65.2 Å². The van der Waals surface area contributed by atoms with Gasteiger partial charge in [-0.2, -0.15) is 0 Å². The predicted octanol–water partition coefficient (Wildman–Crippen LogP) is 2.98. The van der Waals surface area contributed by atoms with Gasteiger partial charge in [-0.05, 0) is 17.7 Å². The van der Waals surface area contributed by atoms with Crippen molar-refractivity contribution < 1.29 is 14.3 Å². The van der Waals surface area contributed by atoms with E-state index in [-0.39, 0.29) is 24.8 Å². The summed E-state index contributed by atoms with van der Waals surface area (Å²) < 4.78 is 6.59. The molecule has 1 aromatic heterocycles. The van der Waals surface area contributed by atoms with E-state index in [2.05, 4.69) is 10.1 Å². The third-order valence-corrected chi connectivity index (χ3v) is 4.07. The maximum atomic E-state index is 12.6. The zero-order valence-electron chi connectivity index (χ0n) is 14.1. The van der Waals surface area contributed by atoms with Crippen LogP contribution in [0.5, 0.6) is 0 Å². The molecule has 1 heterocycles. The number of nitrogens with one attached hydrogen (secondary N) is 1. The lowest BCUT2D eigenvalue weighted by atomic mass is 10.2. The smallest absolute Gasteiger partial charge is 0.307 e. The molecule has 0 aliphatic heterocycles. The number of fused-ring (bicyclic) bond motifs is 1. The standard InChI is InChI=1S/C20H20N2O3/c1-25-19(23)11-12-21-20(24)18-13-16-9-5-6-10-17(16)22(18)14-15-7-3-2-4-8-15/h2-10,13H,11-12,14H2,1H3,(H,21,24). The highest BCUT2D eigenvalue weighted by atomic mass is 16.5. The summed E-state index contributed by atoms with van der Waals surface area (Å²) in [6.45, 7) is 0.854. The quantitative estimate of drug-likeness (QED) is 0.704. The molecule has 0 aliphatic rings. The second-order valence-electron chi connectivity index (χ2n) is 5.74. The molecule has 0 saturated heterocycles. The van der Waals surface area contributed by atoms with Gasteiger partial charge in [0.1, 0.15) is 5.69 Å². The number of ether oxygens (including phenoxy) is 1. The lowest BCUT2D eigenvalue weighted by Crippen LogP contribution is -2.28. The van der Waals surface area contributed by atoms with Crippen LogP contribution in [0.3, 0.4) is 0 Å². The van der Waals surface area contributed by atoms with Crippen LogP contribution in [0, 0.1) is 0 Å². The number of nitrogens with zero attached hydrogens (tertiary/aromatic N) is 1. The average molecular weight is 336 g/mol. The number of amides is 1.